The highest BCUT2D eigenvalue weighted by Crippen LogP contribution is 2.38. The number of fused-ring (bicyclic) bond motifs is 2. The highest BCUT2D eigenvalue weighted by Gasteiger charge is 2.23. The minimum Gasteiger partial charge on any atom is -0.463 e. The standard InChI is InChI=1S/C13H12O4/c1-2-15-13(14)10-3-8-5-11-12(17-7-16-11)6-9(8)4-10/h3,5-6H,2,4,7H2,1H3. The number of carbonyl (C=O) groups excluding carboxylic acids is 1. The Morgan fingerprint density at radius 3 is 2.88 bits per heavy atom. The fourth-order valence-corrected chi connectivity index (χ4v) is 2.09. The molecule has 1 heterocycles. The van der Waals surface area contributed by atoms with E-state index in [4.69, 9.17) is 14.2 Å². The smallest absolute Gasteiger partial charge is 0.334 e. The molecule has 0 radical (unpaired) electrons. The third kappa shape index (κ3) is 1.65. The number of rotatable bonds is 2. The molecule has 0 N–H and O–H groups in total. The minimum absolute atomic E-state index is 0.245. The van der Waals surface area contributed by atoms with E-state index in [1.165, 1.54) is 0 Å². The van der Waals surface area contributed by atoms with E-state index in [0.29, 0.717) is 18.6 Å². The molecule has 88 valence electrons. The van der Waals surface area contributed by atoms with E-state index >= 15 is 0 Å². The highest BCUT2D eigenvalue weighted by molar-refractivity contribution is 5.96. The van der Waals surface area contributed by atoms with Crippen LogP contribution in [-0.2, 0) is 16.0 Å². The molecular weight excluding hydrogens is 220 g/mol. The van der Waals surface area contributed by atoms with Gasteiger partial charge in [-0.15, -0.1) is 0 Å². The van der Waals surface area contributed by atoms with E-state index < -0.39 is 0 Å². The molecule has 3 rings (SSSR count). The molecule has 1 aromatic rings. The maximum Gasteiger partial charge on any atom is 0.334 e. The largest absolute Gasteiger partial charge is 0.463 e. The summed E-state index contributed by atoms with van der Waals surface area (Å²) in [5.74, 6) is 1.25. The SMILES string of the molecule is CCOC(=O)C1=Cc2cc3c(cc2C1)OCO3. The Morgan fingerprint density at radius 2 is 2.12 bits per heavy atom. The van der Waals surface area contributed by atoms with Gasteiger partial charge in [-0.25, -0.2) is 4.79 Å². The van der Waals surface area contributed by atoms with Crippen molar-refractivity contribution < 1.29 is 19.0 Å². The summed E-state index contributed by atoms with van der Waals surface area (Å²) in [6.45, 7) is 2.47. The number of hydrogen-bond acceptors (Lipinski definition) is 4. The summed E-state index contributed by atoms with van der Waals surface area (Å²) in [7, 11) is 0. The second-order valence-corrected chi connectivity index (χ2v) is 3.97. The van der Waals surface area contributed by atoms with Gasteiger partial charge in [-0.1, -0.05) is 0 Å². The second kappa shape index (κ2) is 3.80. The lowest BCUT2D eigenvalue weighted by Gasteiger charge is -2.02. The van der Waals surface area contributed by atoms with Crippen LogP contribution >= 0.6 is 0 Å². The Labute approximate surface area is 98.8 Å². The van der Waals surface area contributed by atoms with Crippen LogP contribution in [0.2, 0.25) is 0 Å². The van der Waals surface area contributed by atoms with Crippen molar-refractivity contribution in [3.8, 4) is 11.5 Å². The van der Waals surface area contributed by atoms with E-state index in [-0.39, 0.29) is 12.8 Å². The van der Waals surface area contributed by atoms with Gasteiger partial charge < -0.3 is 14.2 Å². The van der Waals surface area contributed by atoms with Crippen molar-refractivity contribution in [2.24, 2.45) is 0 Å². The van der Waals surface area contributed by atoms with Crippen molar-refractivity contribution in [2.45, 2.75) is 13.3 Å². The molecule has 0 saturated heterocycles. The number of carbonyl (C=O) groups is 1. The van der Waals surface area contributed by atoms with Gasteiger partial charge in [-0.05, 0) is 36.3 Å². The van der Waals surface area contributed by atoms with Crippen molar-refractivity contribution in [2.75, 3.05) is 13.4 Å². The van der Waals surface area contributed by atoms with Crippen LogP contribution in [0.15, 0.2) is 17.7 Å². The number of benzene rings is 1. The van der Waals surface area contributed by atoms with Gasteiger partial charge in [0.25, 0.3) is 0 Å². The summed E-state index contributed by atoms with van der Waals surface area (Å²) in [5, 5.41) is 0. The Morgan fingerprint density at radius 1 is 1.35 bits per heavy atom. The summed E-state index contributed by atoms with van der Waals surface area (Å²) < 4.78 is 15.6. The zero-order valence-corrected chi connectivity index (χ0v) is 9.49. The molecule has 1 aliphatic heterocycles. The van der Waals surface area contributed by atoms with Gasteiger partial charge in [-0.2, -0.15) is 0 Å². The Hall–Kier alpha value is -1.97. The second-order valence-electron chi connectivity index (χ2n) is 3.97. The van der Waals surface area contributed by atoms with Crippen LogP contribution in [0, 0.1) is 0 Å². The Balaban J connectivity index is 1.90. The fraction of sp³-hybridized carbons (Fsp3) is 0.308. The third-order valence-corrected chi connectivity index (χ3v) is 2.88. The first-order valence-corrected chi connectivity index (χ1v) is 5.58. The van der Waals surface area contributed by atoms with Crippen molar-refractivity contribution in [3.63, 3.8) is 0 Å². The van der Waals surface area contributed by atoms with E-state index in [9.17, 15) is 4.79 Å². The average molecular weight is 232 g/mol. The van der Waals surface area contributed by atoms with Gasteiger partial charge in [-0.3, -0.25) is 0 Å². The molecule has 1 aromatic carbocycles. The van der Waals surface area contributed by atoms with Crippen LogP contribution in [-0.4, -0.2) is 19.4 Å². The van der Waals surface area contributed by atoms with Crippen LogP contribution < -0.4 is 9.47 Å². The molecule has 4 heteroatoms. The van der Waals surface area contributed by atoms with Crippen LogP contribution in [0.1, 0.15) is 18.1 Å². The van der Waals surface area contributed by atoms with Gasteiger partial charge in [0.1, 0.15) is 0 Å². The van der Waals surface area contributed by atoms with Crippen LogP contribution in [0.5, 0.6) is 11.5 Å². The maximum absolute atomic E-state index is 11.6. The third-order valence-electron chi connectivity index (χ3n) is 2.88. The van der Waals surface area contributed by atoms with Crippen LogP contribution in [0.25, 0.3) is 6.08 Å². The predicted octanol–water partition coefficient (Wildman–Crippen LogP) is 1.92. The van der Waals surface area contributed by atoms with Crippen LogP contribution in [0.4, 0.5) is 0 Å². The number of ether oxygens (including phenoxy) is 3. The van der Waals surface area contributed by atoms with Crippen molar-refractivity contribution >= 4 is 12.0 Å². The monoisotopic (exact) mass is 232 g/mol. The zero-order valence-electron chi connectivity index (χ0n) is 9.49. The number of hydrogen-bond donors (Lipinski definition) is 0. The normalized spacial score (nSPS) is 15.5. The lowest BCUT2D eigenvalue weighted by atomic mass is 10.1. The lowest BCUT2D eigenvalue weighted by Crippen LogP contribution is -2.07. The van der Waals surface area contributed by atoms with E-state index in [1.807, 2.05) is 18.2 Å². The quantitative estimate of drug-likeness (QED) is 0.731. The molecule has 0 amide bonds. The Kier molecular flexibility index (Phi) is 2.28. The first-order chi connectivity index (χ1) is 8.28. The van der Waals surface area contributed by atoms with Crippen molar-refractivity contribution in [1.82, 2.24) is 0 Å². The Bertz CT molecular complexity index is 516. The molecule has 2 aliphatic rings. The van der Waals surface area contributed by atoms with Crippen molar-refractivity contribution in [1.29, 1.82) is 0 Å². The molecule has 0 bridgehead atoms. The molecule has 4 nitrogen and oxygen atoms in total. The predicted molar refractivity (Wildman–Crippen MR) is 60.9 cm³/mol. The summed E-state index contributed by atoms with van der Waals surface area (Å²) in [6, 6.07) is 3.84. The van der Waals surface area contributed by atoms with Gasteiger partial charge in [0.15, 0.2) is 11.5 Å². The zero-order chi connectivity index (χ0) is 11.8. The van der Waals surface area contributed by atoms with Crippen molar-refractivity contribution in [3.05, 3.63) is 28.8 Å². The molecule has 0 saturated carbocycles. The first-order valence-electron chi connectivity index (χ1n) is 5.58. The molecule has 0 aromatic heterocycles. The van der Waals surface area contributed by atoms with E-state index in [2.05, 4.69) is 0 Å². The van der Waals surface area contributed by atoms with E-state index in [1.54, 1.807) is 6.92 Å². The van der Waals surface area contributed by atoms with E-state index in [0.717, 1.165) is 22.6 Å². The summed E-state index contributed by atoms with van der Waals surface area (Å²) in [5.41, 5.74) is 2.78. The van der Waals surface area contributed by atoms with Gasteiger partial charge >= 0.3 is 5.97 Å². The summed E-state index contributed by atoms with van der Waals surface area (Å²) >= 11 is 0. The summed E-state index contributed by atoms with van der Waals surface area (Å²) in [4.78, 5) is 11.6. The molecular formula is C13H12O4. The maximum atomic E-state index is 11.6. The molecule has 0 atom stereocenters. The molecule has 17 heavy (non-hydrogen) atoms. The number of esters is 1. The topological polar surface area (TPSA) is 44.8 Å². The summed E-state index contributed by atoms with van der Waals surface area (Å²) in [6.07, 6.45) is 2.46. The van der Waals surface area contributed by atoms with Crippen LogP contribution in [0.3, 0.4) is 0 Å². The first kappa shape index (κ1) is 10.2. The average Bonchev–Trinajstić information content (AvgIpc) is 2.90. The van der Waals surface area contributed by atoms with Gasteiger partial charge in [0, 0.05) is 12.0 Å². The lowest BCUT2D eigenvalue weighted by molar-refractivity contribution is -0.138. The highest BCUT2D eigenvalue weighted by atomic mass is 16.7. The molecule has 0 spiro atoms. The molecule has 0 unspecified atom stereocenters. The van der Waals surface area contributed by atoms with Gasteiger partial charge in [0.05, 0.1) is 6.61 Å². The molecule has 1 aliphatic carbocycles. The van der Waals surface area contributed by atoms with Gasteiger partial charge in [0.2, 0.25) is 6.79 Å². The molecule has 0 fully saturated rings. The fourth-order valence-electron chi connectivity index (χ4n) is 2.09. The minimum atomic E-state index is -0.245.